The summed E-state index contributed by atoms with van der Waals surface area (Å²) in [7, 11) is 1.91. The number of piperidine rings is 1. The van der Waals surface area contributed by atoms with E-state index in [0.29, 0.717) is 6.54 Å². The van der Waals surface area contributed by atoms with Crippen LogP contribution in [0.4, 0.5) is 0 Å². The van der Waals surface area contributed by atoms with E-state index in [9.17, 15) is 4.79 Å². The number of carbonyl (C=O) groups excluding carboxylic acids is 1. The summed E-state index contributed by atoms with van der Waals surface area (Å²) >= 11 is 0. The number of aromatic nitrogens is 2. The van der Waals surface area contributed by atoms with Crippen LogP contribution in [0.15, 0.2) is 22.8 Å². The molecule has 1 amide bonds. The fraction of sp³-hybridized carbons (Fsp3) is 0.579. The van der Waals surface area contributed by atoms with Crippen LogP contribution in [0, 0.1) is 5.92 Å². The van der Waals surface area contributed by atoms with Crippen molar-refractivity contribution in [2.24, 2.45) is 5.92 Å². The third-order valence-corrected chi connectivity index (χ3v) is 5.47. The number of aromatic amines is 1. The van der Waals surface area contributed by atoms with E-state index in [2.05, 4.69) is 15.1 Å². The predicted octanol–water partition coefficient (Wildman–Crippen LogP) is 2.36. The minimum Gasteiger partial charge on any atom is -0.468 e. The van der Waals surface area contributed by atoms with E-state index in [4.69, 9.17) is 4.42 Å². The Morgan fingerprint density at radius 3 is 3.20 bits per heavy atom. The molecule has 3 heterocycles. The maximum Gasteiger partial charge on any atom is 0.227 e. The lowest BCUT2D eigenvalue weighted by molar-refractivity contribution is -0.136. The molecule has 25 heavy (non-hydrogen) atoms. The van der Waals surface area contributed by atoms with Gasteiger partial charge in [-0.2, -0.15) is 5.10 Å². The minimum atomic E-state index is 0.0701. The van der Waals surface area contributed by atoms with Crippen molar-refractivity contribution in [3.8, 4) is 0 Å². The first-order valence-electron chi connectivity index (χ1n) is 9.25. The molecule has 1 N–H and O–H groups in total. The molecule has 6 nitrogen and oxygen atoms in total. The lowest BCUT2D eigenvalue weighted by Gasteiger charge is -2.33. The number of hydrogen-bond acceptors (Lipinski definition) is 4. The molecule has 1 aliphatic heterocycles. The van der Waals surface area contributed by atoms with Gasteiger partial charge in [0.2, 0.25) is 5.91 Å². The lowest BCUT2D eigenvalue weighted by Crippen LogP contribution is -2.43. The number of H-pyrrole nitrogens is 1. The molecule has 2 aromatic rings. The van der Waals surface area contributed by atoms with Crippen LogP contribution in [0.1, 0.15) is 42.0 Å². The van der Waals surface area contributed by atoms with E-state index in [1.807, 2.05) is 24.1 Å². The van der Waals surface area contributed by atoms with Crippen molar-refractivity contribution >= 4 is 5.91 Å². The zero-order valence-corrected chi connectivity index (χ0v) is 14.8. The fourth-order valence-electron chi connectivity index (χ4n) is 4.16. The highest BCUT2D eigenvalue weighted by atomic mass is 16.3. The second-order valence-electron chi connectivity index (χ2n) is 7.33. The molecule has 0 bridgehead atoms. The van der Waals surface area contributed by atoms with Gasteiger partial charge in [-0.05, 0) is 56.3 Å². The van der Waals surface area contributed by atoms with E-state index in [0.717, 1.165) is 56.8 Å². The zero-order valence-electron chi connectivity index (χ0n) is 14.8. The molecule has 4 rings (SSSR count). The summed E-state index contributed by atoms with van der Waals surface area (Å²) in [5.41, 5.74) is 3.65. The van der Waals surface area contributed by atoms with Crippen LogP contribution in [0.5, 0.6) is 0 Å². The van der Waals surface area contributed by atoms with Crippen molar-refractivity contribution in [1.82, 2.24) is 20.0 Å². The van der Waals surface area contributed by atoms with Gasteiger partial charge in [-0.3, -0.25) is 14.8 Å². The molecule has 1 atom stereocenters. The number of aryl methyl sites for hydroxylation is 1. The molecule has 1 fully saturated rings. The Balaban J connectivity index is 1.36. The summed E-state index contributed by atoms with van der Waals surface area (Å²) < 4.78 is 5.44. The van der Waals surface area contributed by atoms with E-state index in [1.54, 1.807) is 6.26 Å². The van der Waals surface area contributed by atoms with Gasteiger partial charge in [-0.1, -0.05) is 0 Å². The van der Waals surface area contributed by atoms with Crippen LogP contribution in [-0.2, 0) is 30.7 Å². The first-order valence-corrected chi connectivity index (χ1v) is 9.25. The minimum absolute atomic E-state index is 0.0701. The summed E-state index contributed by atoms with van der Waals surface area (Å²) in [6.07, 6.45) is 7.10. The third kappa shape index (κ3) is 3.49. The molecule has 134 valence electrons. The smallest absolute Gasteiger partial charge is 0.227 e. The Labute approximate surface area is 148 Å². The second kappa shape index (κ2) is 7.04. The summed E-state index contributed by atoms with van der Waals surface area (Å²) in [6, 6.07) is 3.91. The van der Waals surface area contributed by atoms with Crippen molar-refractivity contribution < 1.29 is 9.21 Å². The highest BCUT2D eigenvalue weighted by Crippen LogP contribution is 2.25. The van der Waals surface area contributed by atoms with Crippen molar-refractivity contribution in [1.29, 1.82) is 0 Å². The highest BCUT2D eigenvalue weighted by Gasteiger charge is 2.29. The van der Waals surface area contributed by atoms with Gasteiger partial charge in [-0.25, -0.2) is 0 Å². The molecule has 1 unspecified atom stereocenters. The van der Waals surface area contributed by atoms with Crippen LogP contribution in [0.2, 0.25) is 0 Å². The molecule has 0 spiro atoms. The van der Waals surface area contributed by atoms with Crippen LogP contribution in [0.3, 0.4) is 0 Å². The van der Waals surface area contributed by atoms with Gasteiger partial charge in [0, 0.05) is 19.3 Å². The largest absolute Gasteiger partial charge is 0.468 e. The summed E-state index contributed by atoms with van der Waals surface area (Å²) in [6.45, 7) is 3.23. The van der Waals surface area contributed by atoms with Crippen molar-refractivity contribution in [2.45, 2.75) is 45.2 Å². The average molecular weight is 342 g/mol. The Morgan fingerprint density at radius 1 is 1.44 bits per heavy atom. The first-order chi connectivity index (χ1) is 12.2. The van der Waals surface area contributed by atoms with Gasteiger partial charge < -0.3 is 9.32 Å². The molecular weight excluding hydrogens is 316 g/mol. The third-order valence-electron chi connectivity index (χ3n) is 5.47. The van der Waals surface area contributed by atoms with Gasteiger partial charge in [0.25, 0.3) is 0 Å². The zero-order chi connectivity index (χ0) is 17.2. The van der Waals surface area contributed by atoms with Gasteiger partial charge in [0.05, 0.1) is 31.0 Å². The standard InChI is InChI=1S/C19H26N4O2/c1-22(13-18-16-7-2-8-17(16)20-21-18)19(24)14-5-3-9-23(11-14)12-15-6-4-10-25-15/h4,6,10,14H,2-3,5,7-9,11-13H2,1H3,(H,20,21). The topological polar surface area (TPSA) is 65.4 Å². The molecule has 1 saturated heterocycles. The predicted molar refractivity (Wildman–Crippen MR) is 93.8 cm³/mol. The Morgan fingerprint density at radius 2 is 2.36 bits per heavy atom. The molecule has 1 aliphatic carbocycles. The number of hydrogen-bond donors (Lipinski definition) is 1. The molecule has 6 heteroatoms. The van der Waals surface area contributed by atoms with E-state index in [1.165, 1.54) is 17.7 Å². The molecule has 0 aromatic carbocycles. The second-order valence-corrected chi connectivity index (χ2v) is 7.33. The van der Waals surface area contributed by atoms with E-state index in [-0.39, 0.29) is 11.8 Å². The molecule has 0 radical (unpaired) electrons. The van der Waals surface area contributed by atoms with Crippen LogP contribution in [0.25, 0.3) is 0 Å². The van der Waals surface area contributed by atoms with E-state index < -0.39 is 0 Å². The molecule has 0 saturated carbocycles. The number of carbonyl (C=O) groups is 1. The maximum absolute atomic E-state index is 12.9. The number of amides is 1. The van der Waals surface area contributed by atoms with Crippen molar-refractivity contribution in [3.63, 3.8) is 0 Å². The fourth-order valence-corrected chi connectivity index (χ4v) is 4.16. The quantitative estimate of drug-likeness (QED) is 0.906. The molecule has 2 aromatic heterocycles. The number of rotatable bonds is 5. The Hall–Kier alpha value is -2.08. The number of nitrogens with zero attached hydrogens (tertiary/aromatic N) is 3. The monoisotopic (exact) mass is 342 g/mol. The average Bonchev–Trinajstić information content (AvgIpc) is 3.34. The van der Waals surface area contributed by atoms with Crippen molar-refractivity contribution in [3.05, 3.63) is 41.1 Å². The summed E-state index contributed by atoms with van der Waals surface area (Å²) in [4.78, 5) is 17.1. The van der Waals surface area contributed by atoms with Gasteiger partial charge in [0.1, 0.15) is 5.76 Å². The first kappa shape index (κ1) is 16.4. The number of furan rings is 1. The summed E-state index contributed by atoms with van der Waals surface area (Å²) in [5.74, 6) is 1.27. The van der Waals surface area contributed by atoms with Gasteiger partial charge in [-0.15, -0.1) is 0 Å². The number of likely N-dealkylation sites (tertiary alicyclic amines) is 1. The lowest BCUT2D eigenvalue weighted by atomic mass is 9.96. The van der Waals surface area contributed by atoms with Crippen molar-refractivity contribution in [2.75, 3.05) is 20.1 Å². The number of fused-ring (bicyclic) bond motifs is 1. The SMILES string of the molecule is CN(Cc1n[nH]c2c1CCC2)C(=O)C1CCCN(Cc2ccco2)C1. The Bertz CT molecular complexity index is 722. The number of nitrogens with one attached hydrogen (secondary N) is 1. The molecule has 2 aliphatic rings. The normalized spacial score (nSPS) is 20.6. The maximum atomic E-state index is 12.9. The van der Waals surface area contributed by atoms with Crippen LogP contribution in [-0.4, -0.2) is 46.0 Å². The highest BCUT2D eigenvalue weighted by molar-refractivity contribution is 5.79. The molecular formula is C19H26N4O2. The van der Waals surface area contributed by atoms with Gasteiger partial charge in [0.15, 0.2) is 0 Å². The van der Waals surface area contributed by atoms with Crippen LogP contribution >= 0.6 is 0 Å². The Kier molecular flexibility index (Phi) is 4.61. The van der Waals surface area contributed by atoms with Gasteiger partial charge >= 0.3 is 0 Å². The van der Waals surface area contributed by atoms with Crippen LogP contribution < -0.4 is 0 Å². The van der Waals surface area contributed by atoms with E-state index >= 15 is 0 Å². The summed E-state index contributed by atoms with van der Waals surface area (Å²) in [5, 5.41) is 7.56.